The normalized spacial score (nSPS) is 15.6. The lowest BCUT2D eigenvalue weighted by Crippen LogP contribution is -2.25. The minimum Gasteiger partial charge on any atom is -0.427 e. The Hall–Kier alpha value is -1.58. The van der Waals surface area contributed by atoms with E-state index in [1.54, 1.807) is 0 Å². The summed E-state index contributed by atoms with van der Waals surface area (Å²) in [5, 5.41) is 10.4. The molecule has 0 bridgehead atoms. The van der Waals surface area contributed by atoms with Gasteiger partial charge < -0.3 is 9.76 Å². The molecule has 0 saturated heterocycles. The first-order valence-electron chi connectivity index (χ1n) is 6.23. The molecular formula is C15H15BO2. The highest BCUT2D eigenvalue weighted by Gasteiger charge is 2.24. The lowest BCUT2D eigenvalue weighted by molar-refractivity contribution is 0.220. The number of fused-ring (bicyclic) bond motifs is 1. The van der Waals surface area contributed by atoms with Crippen LogP contribution in [0.4, 0.5) is 0 Å². The van der Waals surface area contributed by atoms with Crippen LogP contribution in [-0.2, 0) is 11.3 Å². The minimum atomic E-state index is -0.565. The molecule has 2 aromatic rings. The van der Waals surface area contributed by atoms with Crippen molar-refractivity contribution < 1.29 is 9.76 Å². The molecule has 0 aliphatic carbocycles. The quantitative estimate of drug-likeness (QED) is 0.812. The van der Waals surface area contributed by atoms with E-state index in [0.29, 0.717) is 6.61 Å². The van der Waals surface area contributed by atoms with Crippen LogP contribution < -0.4 is 5.46 Å². The van der Waals surface area contributed by atoms with Crippen LogP contribution in [0.25, 0.3) is 0 Å². The fourth-order valence-corrected chi connectivity index (χ4v) is 2.43. The standard InChI is InChI=1S/C15H15BO2/c1-16-14-9-12(7-8-13(14)10-18-16)15(17)11-5-3-2-4-6-11/h2-9,15,17H,10H2,1H3. The third-order valence-electron chi connectivity index (χ3n) is 3.53. The number of rotatable bonds is 2. The summed E-state index contributed by atoms with van der Waals surface area (Å²) in [4.78, 5) is 0. The summed E-state index contributed by atoms with van der Waals surface area (Å²) in [6.45, 7) is 2.85. The Morgan fingerprint density at radius 1 is 1.11 bits per heavy atom. The van der Waals surface area contributed by atoms with Gasteiger partial charge in [-0.1, -0.05) is 55.4 Å². The molecule has 1 heterocycles. The smallest absolute Gasteiger partial charge is 0.324 e. The molecule has 1 aliphatic rings. The maximum absolute atomic E-state index is 10.4. The van der Waals surface area contributed by atoms with Crippen LogP contribution in [0.5, 0.6) is 0 Å². The second kappa shape index (κ2) is 4.60. The average Bonchev–Trinajstić information content (AvgIpc) is 2.80. The molecule has 0 radical (unpaired) electrons. The predicted molar refractivity (Wildman–Crippen MR) is 73.0 cm³/mol. The Morgan fingerprint density at radius 3 is 2.67 bits per heavy atom. The fourth-order valence-electron chi connectivity index (χ4n) is 2.43. The first kappa shape index (κ1) is 11.5. The van der Waals surface area contributed by atoms with Crippen molar-refractivity contribution in [2.75, 3.05) is 0 Å². The highest BCUT2D eigenvalue weighted by Crippen LogP contribution is 2.23. The SMILES string of the molecule is CB1OCc2ccc(C(O)c3ccccc3)cc21. The van der Waals surface area contributed by atoms with Gasteiger partial charge in [-0.2, -0.15) is 0 Å². The molecule has 0 aromatic heterocycles. The summed E-state index contributed by atoms with van der Waals surface area (Å²) >= 11 is 0. The van der Waals surface area contributed by atoms with E-state index >= 15 is 0 Å². The summed E-state index contributed by atoms with van der Waals surface area (Å²) in [6, 6.07) is 15.8. The van der Waals surface area contributed by atoms with Crippen molar-refractivity contribution in [2.24, 2.45) is 0 Å². The largest absolute Gasteiger partial charge is 0.427 e. The zero-order valence-electron chi connectivity index (χ0n) is 10.3. The predicted octanol–water partition coefficient (Wildman–Crippen LogP) is 2.13. The van der Waals surface area contributed by atoms with Gasteiger partial charge >= 0.3 is 6.92 Å². The zero-order chi connectivity index (χ0) is 12.5. The summed E-state index contributed by atoms with van der Waals surface area (Å²) in [7, 11) is 0. The fraction of sp³-hybridized carbons (Fsp3) is 0.200. The second-order valence-electron chi connectivity index (χ2n) is 4.72. The van der Waals surface area contributed by atoms with Gasteiger partial charge in [-0.3, -0.25) is 0 Å². The van der Waals surface area contributed by atoms with Crippen molar-refractivity contribution in [1.29, 1.82) is 0 Å². The highest BCUT2D eigenvalue weighted by molar-refractivity contribution is 6.67. The van der Waals surface area contributed by atoms with Crippen LogP contribution in [-0.4, -0.2) is 12.0 Å². The van der Waals surface area contributed by atoms with Gasteiger partial charge in [-0.15, -0.1) is 0 Å². The van der Waals surface area contributed by atoms with E-state index in [4.69, 9.17) is 4.65 Å². The maximum atomic E-state index is 10.4. The van der Waals surface area contributed by atoms with E-state index in [0.717, 1.165) is 11.1 Å². The van der Waals surface area contributed by atoms with Crippen molar-refractivity contribution in [3.8, 4) is 0 Å². The maximum Gasteiger partial charge on any atom is 0.324 e. The lowest BCUT2D eigenvalue weighted by Gasteiger charge is -2.13. The average molecular weight is 238 g/mol. The summed E-state index contributed by atoms with van der Waals surface area (Å²) < 4.78 is 5.58. The first-order valence-corrected chi connectivity index (χ1v) is 6.23. The number of aliphatic hydroxyl groups is 1. The molecule has 1 aliphatic heterocycles. The second-order valence-corrected chi connectivity index (χ2v) is 4.72. The van der Waals surface area contributed by atoms with E-state index in [9.17, 15) is 5.11 Å². The summed E-state index contributed by atoms with van der Waals surface area (Å²) in [5.74, 6) is 0. The van der Waals surface area contributed by atoms with Crippen LogP contribution in [0.15, 0.2) is 48.5 Å². The van der Waals surface area contributed by atoms with Crippen molar-refractivity contribution >= 4 is 12.4 Å². The number of hydrogen-bond acceptors (Lipinski definition) is 2. The molecule has 1 N–H and O–H groups in total. The van der Waals surface area contributed by atoms with Crippen molar-refractivity contribution in [3.63, 3.8) is 0 Å². The van der Waals surface area contributed by atoms with Crippen LogP contribution in [0, 0.1) is 0 Å². The molecule has 3 heteroatoms. The number of aliphatic hydroxyl groups excluding tert-OH is 1. The van der Waals surface area contributed by atoms with E-state index in [2.05, 4.69) is 12.1 Å². The van der Waals surface area contributed by atoms with Gasteiger partial charge in [0.2, 0.25) is 0 Å². The molecule has 0 amide bonds. The van der Waals surface area contributed by atoms with Crippen LogP contribution in [0.3, 0.4) is 0 Å². The monoisotopic (exact) mass is 238 g/mol. The van der Waals surface area contributed by atoms with Gasteiger partial charge in [0, 0.05) is 0 Å². The molecule has 0 fully saturated rings. The third kappa shape index (κ3) is 1.96. The molecule has 90 valence electrons. The molecule has 18 heavy (non-hydrogen) atoms. The van der Waals surface area contributed by atoms with Crippen LogP contribution >= 0.6 is 0 Å². The molecule has 1 unspecified atom stereocenters. The lowest BCUT2D eigenvalue weighted by atomic mass is 9.64. The number of benzene rings is 2. The zero-order valence-corrected chi connectivity index (χ0v) is 10.3. The first-order chi connectivity index (χ1) is 8.75. The van der Waals surface area contributed by atoms with Crippen LogP contribution in [0.2, 0.25) is 6.82 Å². The van der Waals surface area contributed by atoms with E-state index in [-0.39, 0.29) is 6.92 Å². The highest BCUT2D eigenvalue weighted by atomic mass is 16.4. The molecule has 1 atom stereocenters. The summed E-state index contributed by atoms with van der Waals surface area (Å²) in [6.07, 6.45) is -0.565. The Balaban J connectivity index is 1.96. The molecular weight excluding hydrogens is 223 g/mol. The van der Waals surface area contributed by atoms with Gasteiger partial charge in [0.25, 0.3) is 0 Å². The number of hydrogen-bond donors (Lipinski definition) is 1. The van der Waals surface area contributed by atoms with E-state index < -0.39 is 6.10 Å². The summed E-state index contributed by atoms with van der Waals surface area (Å²) in [5.41, 5.74) is 4.27. The Kier molecular flexibility index (Phi) is 2.94. The molecule has 2 aromatic carbocycles. The van der Waals surface area contributed by atoms with Gasteiger partial charge in [0.1, 0.15) is 6.10 Å². The van der Waals surface area contributed by atoms with Gasteiger partial charge in [-0.05, 0) is 22.2 Å². The Morgan fingerprint density at radius 2 is 1.89 bits per heavy atom. The van der Waals surface area contributed by atoms with Crippen molar-refractivity contribution in [3.05, 3.63) is 65.2 Å². The molecule has 0 saturated carbocycles. The van der Waals surface area contributed by atoms with Gasteiger partial charge in [0.15, 0.2) is 0 Å². The van der Waals surface area contributed by atoms with Crippen molar-refractivity contribution in [2.45, 2.75) is 19.5 Å². The Labute approximate surface area is 107 Å². The minimum absolute atomic E-state index is 0.128. The molecule has 0 spiro atoms. The Bertz CT molecular complexity index is 554. The molecule has 2 nitrogen and oxygen atoms in total. The van der Waals surface area contributed by atoms with E-state index in [1.165, 1.54) is 11.0 Å². The topological polar surface area (TPSA) is 29.5 Å². The van der Waals surface area contributed by atoms with Gasteiger partial charge in [-0.25, -0.2) is 0 Å². The van der Waals surface area contributed by atoms with Crippen LogP contribution in [0.1, 0.15) is 22.8 Å². The molecule has 3 rings (SSSR count). The third-order valence-corrected chi connectivity index (χ3v) is 3.53. The van der Waals surface area contributed by atoms with E-state index in [1.807, 2.05) is 43.2 Å². The van der Waals surface area contributed by atoms with Gasteiger partial charge in [0.05, 0.1) is 6.61 Å². The van der Waals surface area contributed by atoms with Crippen molar-refractivity contribution in [1.82, 2.24) is 0 Å².